The van der Waals surface area contributed by atoms with Crippen LogP contribution >= 0.6 is 0 Å². The monoisotopic (exact) mass is 352 g/mol. The van der Waals surface area contributed by atoms with E-state index in [4.69, 9.17) is 12.8 Å². The summed E-state index contributed by atoms with van der Waals surface area (Å²) in [7, 11) is 0. The normalized spacial score (nSPS) is 8.90. The molecule has 104 valence electrons. The molecule has 0 saturated carbocycles. The van der Waals surface area contributed by atoms with Gasteiger partial charge in [0.2, 0.25) is 0 Å². The molecule has 0 radical (unpaired) electrons. The Labute approximate surface area is 141 Å². The summed E-state index contributed by atoms with van der Waals surface area (Å²) in [4.78, 5) is 0. The van der Waals surface area contributed by atoms with E-state index in [1.54, 1.807) is 0 Å². The second-order valence-corrected chi connectivity index (χ2v) is 3.76. The molecule has 0 nitrogen and oxygen atoms in total. The summed E-state index contributed by atoms with van der Waals surface area (Å²) in [6.07, 6.45) is 18.3. The average Bonchev–Trinajstić information content (AvgIpc) is 2.45. The maximum atomic E-state index is 7.22. The minimum atomic E-state index is 0. The predicted octanol–water partition coefficient (Wildman–Crippen LogP) is 3.73. The Bertz CT molecular complexity index is 611. The van der Waals surface area contributed by atoms with E-state index >= 15 is 0 Å². The molecule has 2 heteroatoms. The predicted molar refractivity (Wildman–Crippen MR) is 74.3 cm³/mol. The van der Waals surface area contributed by atoms with Gasteiger partial charge in [-0.15, -0.1) is 23.3 Å². The van der Waals surface area contributed by atoms with Gasteiger partial charge in [-0.05, 0) is 0 Å². The molecule has 20 heavy (non-hydrogen) atoms. The van der Waals surface area contributed by atoms with E-state index in [2.05, 4.69) is 11.8 Å². The Balaban J connectivity index is 0.00000180. The van der Waals surface area contributed by atoms with Crippen LogP contribution in [0.1, 0.15) is 22.3 Å². The third-order valence-electron chi connectivity index (χ3n) is 2.63. The summed E-state index contributed by atoms with van der Waals surface area (Å²) in [6, 6.07) is 15.2. The van der Waals surface area contributed by atoms with Gasteiger partial charge < -0.3 is 12.8 Å². The van der Waals surface area contributed by atoms with Gasteiger partial charge in [0.25, 0.3) is 0 Å². The van der Waals surface area contributed by atoms with Crippen molar-refractivity contribution in [3.63, 3.8) is 0 Å². The van der Waals surface area contributed by atoms with Crippen molar-refractivity contribution in [2.24, 2.45) is 0 Å². The van der Waals surface area contributed by atoms with E-state index in [1.807, 2.05) is 60.7 Å². The van der Waals surface area contributed by atoms with Crippen LogP contribution < -0.4 is 0 Å². The van der Waals surface area contributed by atoms with Crippen molar-refractivity contribution in [1.29, 1.82) is 0 Å². The molecule has 2 rings (SSSR count). The Morgan fingerprint density at radius 1 is 0.650 bits per heavy atom. The largest absolute Gasteiger partial charge is 1.00 e. The summed E-state index contributed by atoms with van der Waals surface area (Å²) < 4.78 is 0. The topological polar surface area (TPSA) is 0 Å². The molecule has 0 N–H and O–H groups in total. The molecule has 0 saturated heterocycles. The van der Waals surface area contributed by atoms with Crippen LogP contribution in [0, 0.1) is 24.7 Å². The van der Waals surface area contributed by atoms with Gasteiger partial charge >= 0.3 is 34.1 Å². The number of hydrogen-bond acceptors (Lipinski definition) is 0. The summed E-state index contributed by atoms with van der Waals surface area (Å²) in [6.45, 7) is 0. The third kappa shape index (κ3) is 4.47. The van der Waals surface area contributed by atoms with Gasteiger partial charge in [0.1, 0.15) is 0 Å². The Kier molecular flexibility index (Phi) is 8.51. The van der Waals surface area contributed by atoms with Gasteiger partial charge in [-0.2, -0.15) is 0 Å². The van der Waals surface area contributed by atoms with Gasteiger partial charge in [0.15, 0.2) is 0 Å². The van der Waals surface area contributed by atoms with Crippen molar-refractivity contribution >= 4 is 12.2 Å². The molecule has 0 aliphatic rings. The van der Waals surface area contributed by atoms with E-state index in [-0.39, 0.29) is 34.1 Å². The molecular formula is C18H10Cu2. The summed E-state index contributed by atoms with van der Waals surface area (Å²) in [5, 5.41) is 0. The quantitative estimate of drug-likeness (QED) is 0.334. The molecule has 2 aromatic carbocycles. The van der Waals surface area contributed by atoms with Crippen LogP contribution in [0.5, 0.6) is 0 Å². The number of rotatable bonds is 2. The Morgan fingerprint density at radius 3 is 1.35 bits per heavy atom. The summed E-state index contributed by atoms with van der Waals surface area (Å²) in [5.74, 6) is 4.81. The molecule has 0 spiro atoms. The van der Waals surface area contributed by atoms with Crippen molar-refractivity contribution in [2.45, 2.75) is 0 Å². The molecule has 0 unspecified atom stereocenters. The zero-order chi connectivity index (χ0) is 12.8. The second-order valence-electron chi connectivity index (χ2n) is 3.76. The molecule has 0 bridgehead atoms. The van der Waals surface area contributed by atoms with E-state index in [9.17, 15) is 0 Å². The number of hydrogen-bond donors (Lipinski definition) is 0. The van der Waals surface area contributed by atoms with Crippen LogP contribution in [-0.2, 0) is 34.1 Å². The molecule has 0 amide bonds. The first-order valence-electron chi connectivity index (χ1n) is 5.57. The van der Waals surface area contributed by atoms with Gasteiger partial charge in [-0.25, -0.2) is 0 Å². The van der Waals surface area contributed by atoms with Crippen LogP contribution in [0.15, 0.2) is 48.5 Å². The van der Waals surface area contributed by atoms with Crippen LogP contribution in [0.25, 0.3) is 12.2 Å². The van der Waals surface area contributed by atoms with Crippen molar-refractivity contribution < 1.29 is 34.1 Å². The average molecular weight is 353 g/mol. The van der Waals surface area contributed by atoms with Crippen molar-refractivity contribution in [3.8, 4) is 11.8 Å². The van der Waals surface area contributed by atoms with Gasteiger partial charge in [-0.3, -0.25) is 11.8 Å². The SMILES string of the molecule is [C-]#Cc1ccccc1/C=C/c1ccccc1C#[C-].[Cu+].[Cu+]. The van der Waals surface area contributed by atoms with Crippen molar-refractivity contribution in [3.05, 3.63) is 83.6 Å². The molecule has 0 aliphatic heterocycles. The number of benzene rings is 2. The van der Waals surface area contributed by atoms with Gasteiger partial charge in [-0.1, -0.05) is 59.7 Å². The van der Waals surface area contributed by atoms with E-state index < -0.39 is 0 Å². The maximum absolute atomic E-state index is 7.22. The van der Waals surface area contributed by atoms with E-state index in [1.165, 1.54) is 0 Å². The molecule has 0 atom stereocenters. The fourth-order valence-electron chi connectivity index (χ4n) is 1.69. The van der Waals surface area contributed by atoms with Crippen LogP contribution in [0.4, 0.5) is 0 Å². The molecule has 0 heterocycles. The molecular weight excluding hydrogens is 343 g/mol. The summed E-state index contributed by atoms with van der Waals surface area (Å²) in [5.41, 5.74) is 3.38. The molecule has 2 aromatic rings. The molecule has 0 aromatic heterocycles. The fourth-order valence-corrected chi connectivity index (χ4v) is 1.69. The Hall–Kier alpha value is -1.66. The minimum Gasteiger partial charge on any atom is -0.366 e. The summed E-state index contributed by atoms with van der Waals surface area (Å²) >= 11 is 0. The standard InChI is InChI=1S/C18H10.2Cu/c1-3-15-9-5-7-11-17(15)13-14-18-12-8-6-10-16(18)4-2;;/h5-14H;;/q-2;2*+1/b14-13+;;. The van der Waals surface area contributed by atoms with Crippen LogP contribution in [-0.4, -0.2) is 0 Å². The first kappa shape index (κ1) is 18.3. The fraction of sp³-hybridized carbons (Fsp3) is 0. The molecule has 0 aliphatic carbocycles. The van der Waals surface area contributed by atoms with Crippen LogP contribution in [0.3, 0.4) is 0 Å². The smallest absolute Gasteiger partial charge is 0.366 e. The molecule has 0 fully saturated rings. The zero-order valence-corrected chi connectivity index (χ0v) is 12.3. The minimum absolute atomic E-state index is 0. The van der Waals surface area contributed by atoms with E-state index in [0.717, 1.165) is 22.3 Å². The first-order valence-corrected chi connectivity index (χ1v) is 5.57. The van der Waals surface area contributed by atoms with Gasteiger partial charge in [0.05, 0.1) is 0 Å². The first-order chi connectivity index (χ1) is 8.85. The Morgan fingerprint density at radius 2 is 1.00 bits per heavy atom. The van der Waals surface area contributed by atoms with Crippen molar-refractivity contribution in [1.82, 2.24) is 0 Å². The maximum Gasteiger partial charge on any atom is 1.00 e. The second kappa shape index (κ2) is 9.28. The van der Waals surface area contributed by atoms with Gasteiger partial charge in [0, 0.05) is 0 Å². The zero-order valence-electron chi connectivity index (χ0n) is 10.4. The third-order valence-corrected chi connectivity index (χ3v) is 2.63. The van der Waals surface area contributed by atoms with Crippen LogP contribution in [0.2, 0.25) is 0 Å². The van der Waals surface area contributed by atoms with E-state index in [0.29, 0.717) is 0 Å². The van der Waals surface area contributed by atoms with Crippen molar-refractivity contribution in [2.75, 3.05) is 0 Å².